The van der Waals surface area contributed by atoms with Crippen LogP contribution in [-0.4, -0.2) is 54.7 Å². The molecule has 27 heavy (non-hydrogen) atoms. The van der Waals surface area contributed by atoms with Gasteiger partial charge in [-0.25, -0.2) is 4.79 Å². The van der Waals surface area contributed by atoms with E-state index in [1.165, 1.54) is 31.2 Å². The number of ether oxygens (including phenoxy) is 1. The fourth-order valence-electron chi connectivity index (χ4n) is 5.50. The summed E-state index contributed by atoms with van der Waals surface area (Å²) in [5.74, 6) is 2.13. The summed E-state index contributed by atoms with van der Waals surface area (Å²) in [7, 11) is 1.72. The highest BCUT2D eigenvalue weighted by Crippen LogP contribution is 2.44. The molecule has 3 saturated heterocycles. The van der Waals surface area contributed by atoms with Crippen LogP contribution in [0.4, 0.5) is 4.79 Å². The second-order valence-corrected chi connectivity index (χ2v) is 8.85. The minimum Gasteiger partial charge on any atom is -0.497 e. The number of piperidine rings is 3. The van der Waals surface area contributed by atoms with Crippen LogP contribution in [0.15, 0.2) is 24.3 Å². The number of benzene rings is 1. The largest absolute Gasteiger partial charge is 0.497 e. The molecule has 3 fully saturated rings. The van der Waals surface area contributed by atoms with Crippen LogP contribution in [0.5, 0.6) is 5.75 Å². The number of hydrogen-bond donors (Lipinski definition) is 1. The number of nitrogens with one attached hydrogen (secondary N) is 1. The quantitative estimate of drug-likeness (QED) is 0.882. The number of hydrogen-bond acceptors (Lipinski definition) is 3. The average Bonchev–Trinajstić information content (AvgIpc) is 2.67. The van der Waals surface area contributed by atoms with Gasteiger partial charge in [-0.1, -0.05) is 12.1 Å². The number of fused-ring (bicyclic) bond motifs is 4. The van der Waals surface area contributed by atoms with Crippen molar-refractivity contribution in [2.75, 3.05) is 26.7 Å². The van der Waals surface area contributed by atoms with E-state index in [-0.39, 0.29) is 12.1 Å². The lowest BCUT2D eigenvalue weighted by atomic mass is 9.74. The first-order chi connectivity index (χ1) is 13.0. The van der Waals surface area contributed by atoms with Crippen LogP contribution in [0.25, 0.3) is 0 Å². The third-order valence-corrected chi connectivity index (χ3v) is 6.59. The predicted molar refractivity (Wildman–Crippen MR) is 107 cm³/mol. The van der Waals surface area contributed by atoms with Crippen LogP contribution in [0.2, 0.25) is 0 Å². The van der Waals surface area contributed by atoms with Crippen molar-refractivity contribution in [3.63, 3.8) is 0 Å². The summed E-state index contributed by atoms with van der Waals surface area (Å²) in [5, 5.41) is 3.08. The van der Waals surface area contributed by atoms with Gasteiger partial charge in [-0.2, -0.15) is 0 Å². The van der Waals surface area contributed by atoms with E-state index in [0.717, 1.165) is 25.4 Å². The van der Waals surface area contributed by atoms with Gasteiger partial charge < -0.3 is 15.0 Å². The standard InChI is InChI=1S/C22H33N3O2/c1-15(2)23-22(26)24-12-16-11-18(14-24)21-6-4-5-20(25(21)13-16)17-7-9-19(27-3)10-8-17/h7-10,15-16,18,20-21H,4-6,11-14H2,1-3H3,(H,23,26)/t16-,18+,20+,21-/m0/s1. The molecule has 0 spiro atoms. The Morgan fingerprint density at radius 3 is 2.63 bits per heavy atom. The van der Waals surface area contributed by atoms with E-state index in [1.807, 2.05) is 13.8 Å². The Hall–Kier alpha value is -1.75. The summed E-state index contributed by atoms with van der Waals surface area (Å²) < 4.78 is 5.33. The molecule has 0 aliphatic carbocycles. The van der Waals surface area contributed by atoms with E-state index in [0.29, 0.717) is 23.9 Å². The molecule has 0 saturated carbocycles. The lowest BCUT2D eigenvalue weighted by Crippen LogP contribution is -2.61. The van der Waals surface area contributed by atoms with Gasteiger partial charge in [0, 0.05) is 37.8 Å². The Kier molecular flexibility index (Phi) is 5.31. The molecule has 4 rings (SSSR count). The Morgan fingerprint density at radius 2 is 1.93 bits per heavy atom. The van der Waals surface area contributed by atoms with Gasteiger partial charge >= 0.3 is 6.03 Å². The van der Waals surface area contributed by atoms with Crippen LogP contribution in [0.3, 0.4) is 0 Å². The van der Waals surface area contributed by atoms with E-state index in [1.54, 1.807) is 7.11 Å². The van der Waals surface area contributed by atoms with Crippen molar-refractivity contribution in [3.05, 3.63) is 29.8 Å². The Labute approximate surface area is 163 Å². The number of nitrogens with zero attached hydrogens (tertiary/aromatic N) is 2. The zero-order chi connectivity index (χ0) is 19.0. The molecule has 1 N–H and O–H groups in total. The first kappa shape index (κ1) is 18.6. The van der Waals surface area contributed by atoms with E-state index >= 15 is 0 Å². The molecular formula is C22H33N3O2. The smallest absolute Gasteiger partial charge is 0.317 e. The van der Waals surface area contributed by atoms with Crippen LogP contribution in [0.1, 0.15) is 51.1 Å². The maximum atomic E-state index is 12.5. The molecule has 5 heteroatoms. The molecule has 3 aliphatic rings. The number of methoxy groups -OCH3 is 1. The molecule has 2 bridgehead atoms. The van der Waals surface area contributed by atoms with Crippen LogP contribution >= 0.6 is 0 Å². The molecular weight excluding hydrogens is 338 g/mol. The van der Waals surface area contributed by atoms with E-state index in [9.17, 15) is 4.79 Å². The Morgan fingerprint density at radius 1 is 1.15 bits per heavy atom. The minimum absolute atomic E-state index is 0.121. The summed E-state index contributed by atoms with van der Waals surface area (Å²) in [6.45, 7) is 6.98. The highest BCUT2D eigenvalue weighted by atomic mass is 16.5. The summed E-state index contributed by atoms with van der Waals surface area (Å²) in [5.41, 5.74) is 1.41. The van der Waals surface area contributed by atoms with Gasteiger partial charge in [0.25, 0.3) is 0 Å². The number of likely N-dealkylation sites (tertiary alicyclic amines) is 1. The van der Waals surface area contributed by atoms with E-state index in [4.69, 9.17) is 4.74 Å². The van der Waals surface area contributed by atoms with Crippen molar-refractivity contribution in [2.45, 2.75) is 57.7 Å². The molecule has 3 aliphatic heterocycles. The van der Waals surface area contributed by atoms with Crippen molar-refractivity contribution in [3.8, 4) is 5.75 Å². The minimum atomic E-state index is 0.121. The first-order valence-corrected chi connectivity index (χ1v) is 10.5. The normalized spacial score (nSPS) is 30.7. The van der Waals surface area contributed by atoms with Crippen LogP contribution in [-0.2, 0) is 0 Å². The molecule has 148 valence electrons. The highest BCUT2D eigenvalue weighted by Gasteiger charge is 2.45. The zero-order valence-electron chi connectivity index (χ0n) is 16.9. The Balaban J connectivity index is 1.49. The molecule has 3 heterocycles. The molecule has 0 radical (unpaired) electrons. The van der Waals surface area contributed by atoms with Crippen molar-refractivity contribution in [1.82, 2.24) is 15.1 Å². The number of rotatable bonds is 3. The van der Waals surface area contributed by atoms with Crippen molar-refractivity contribution in [1.29, 1.82) is 0 Å². The maximum Gasteiger partial charge on any atom is 0.317 e. The number of amides is 2. The lowest BCUT2D eigenvalue weighted by molar-refractivity contribution is -0.0483. The number of carbonyl (C=O) groups is 1. The van der Waals surface area contributed by atoms with Gasteiger partial charge in [0.2, 0.25) is 0 Å². The molecule has 0 unspecified atom stereocenters. The summed E-state index contributed by atoms with van der Waals surface area (Å²) in [6.07, 6.45) is 5.06. The summed E-state index contributed by atoms with van der Waals surface area (Å²) in [6, 6.07) is 10.1. The number of urea groups is 1. The summed E-state index contributed by atoms with van der Waals surface area (Å²) >= 11 is 0. The van der Waals surface area contributed by atoms with Gasteiger partial charge in [0.1, 0.15) is 5.75 Å². The van der Waals surface area contributed by atoms with Crippen molar-refractivity contribution < 1.29 is 9.53 Å². The second-order valence-electron chi connectivity index (χ2n) is 8.85. The monoisotopic (exact) mass is 371 g/mol. The van der Waals surface area contributed by atoms with Gasteiger partial charge in [0.05, 0.1) is 7.11 Å². The van der Waals surface area contributed by atoms with Crippen LogP contribution in [0, 0.1) is 11.8 Å². The first-order valence-electron chi connectivity index (χ1n) is 10.5. The number of carbonyl (C=O) groups excluding carboxylic acids is 1. The van der Waals surface area contributed by atoms with E-state index < -0.39 is 0 Å². The van der Waals surface area contributed by atoms with Crippen molar-refractivity contribution >= 4 is 6.03 Å². The Bertz CT molecular complexity index is 660. The van der Waals surface area contributed by atoms with Crippen LogP contribution < -0.4 is 10.1 Å². The predicted octanol–water partition coefficient (Wildman–Crippen LogP) is 3.66. The fraction of sp³-hybridized carbons (Fsp3) is 0.682. The third-order valence-electron chi connectivity index (χ3n) is 6.59. The highest BCUT2D eigenvalue weighted by molar-refractivity contribution is 5.74. The second kappa shape index (κ2) is 7.70. The third kappa shape index (κ3) is 3.79. The van der Waals surface area contributed by atoms with E-state index in [2.05, 4.69) is 39.4 Å². The van der Waals surface area contributed by atoms with Gasteiger partial charge in [-0.3, -0.25) is 4.90 Å². The lowest BCUT2D eigenvalue weighted by Gasteiger charge is -2.55. The SMILES string of the molecule is COc1ccc([C@H]2CCC[C@H]3[C@@H]4C[C@@H](CN(C(=O)NC(C)C)C4)CN23)cc1. The zero-order valence-corrected chi connectivity index (χ0v) is 16.9. The van der Waals surface area contributed by atoms with Gasteiger partial charge in [0.15, 0.2) is 0 Å². The molecule has 0 aromatic heterocycles. The maximum absolute atomic E-state index is 12.5. The summed E-state index contributed by atoms with van der Waals surface area (Å²) in [4.78, 5) is 17.4. The molecule has 5 nitrogen and oxygen atoms in total. The molecule has 4 atom stereocenters. The van der Waals surface area contributed by atoms with Crippen molar-refractivity contribution in [2.24, 2.45) is 11.8 Å². The molecule has 1 aromatic rings. The average molecular weight is 372 g/mol. The fourth-order valence-corrected chi connectivity index (χ4v) is 5.50. The topological polar surface area (TPSA) is 44.8 Å². The molecule has 1 aromatic carbocycles. The van der Waals surface area contributed by atoms with Gasteiger partial charge in [-0.05, 0) is 69.1 Å². The van der Waals surface area contributed by atoms with Gasteiger partial charge in [-0.15, -0.1) is 0 Å². The molecule has 2 amide bonds.